The molecule has 132 valence electrons. The van der Waals surface area contributed by atoms with Crippen LogP contribution in [0.3, 0.4) is 0 Å². The number of Topliss-reactive ketones (excluding diaryl/α,β-unsaturated/α-hetero) is 1. The number of amides is 1. The number of hydrogen-bond acceptors (Lipinski definition) is 5. The van der Waals surface area contributed by atoms with Gasteiger partial charge >= 0.3 is 5.97 Å². The summed E-state index contributed by atoms with van der Waals surface area (Å²) in [7, 11) is 1.31. The summed E-state index contributed by atoms with van der Waals surface area (Å²) in [6.07, 6.45) is 0.240. The van der Waals surface area contributed by atoms with E-state index < -0.39 is 12.0 Å². The average Bonchev–Trinajstić information content (AvgIpc) is 3.14. The monoisotopic (exact) mass is 423 g/mol. The molecule has 7 heteroatoms. The first kappa shape index (κ1) is 19.3. The van der Waals surface area contributed by atoms with Crippen LogP contribution >= 0.6 is 27.3 Å². The zero-order valence-corrected chi connectivity index (χ0v) is 16.1. The van der Waals surface area contributed by atoms with Gasteiger partial charge in [-0.25, -0.2) is 0 Å². The fourth-order valence-corrected chi connectivity index (χ4v) is 3.28. The lowest BCUT2D eigenvalue weighted by atomic mass is 10.1. The maximum absolute atomic E-state index is 12.2. The fourth-order valence-electron chi connectivity index (χ4n) is 2.24. The first-order valence-electron chi connectivity index (χ1n) is 7.68. The van der Waals surface area contributed by atoms with Crippen LogP contribution in [0, 0.1) is 0 Å². The van der Waals surface area contributed by atoms with Gasteiger partial charge in [-0.2, -0.15) is 0 Å². The van der Waals surface area contributed by atoms with Crippen molar-refractivity contribution in [2.45, 2.75) is 25.3 Å². The molecule has 0 fully saturated rings. The van der Waals surface area contributed by atoms with E-state index in [1.54, 1.807) is 24.3 Å². The van der Waals surface area contributed by atoms with Crippen LogP contribution in [-0.4, -0.2) is 24.8 Å². The summed E-state index contributed by atoms with van der Waals surface area (Å²) in [6.45, 7) is 0. The molecule has 0 saturated heterocycles. The van der Waals surface area contributed by atoms with E-state index in [1.165, 1.54) is 18.4 Å². The highest BCUT2D eigenvalue weighted by Crippen LogP contribution is 2.22. The van der Waals surface area contributed by atoms with E-state index >= 15 is 0 Å². The van der Waals surface area contributed by atoms with Crippen LogP contribution in [0.15, 0.2) is 46.3 Å². The highest BCUT2D eigenvalue weighted by molar-refractivity contribution is 9.10. The Labute approximate surface area is 158 Å². The number of ether oxygens (including phenoxy) is 1. The summed E-state index contributed by atoms with van der Waals surface area (Å²) in [5, 5.41) is 4.69. The molecule has 2 rings (SSSR count). The van der Waals surface area contributed by atoms with Crippen molar-refractivity contribution in [1.29, 1.82) is 0 Å². The van der Waals surface area contributed by atoms with Gasteiger partial charge < -0.3 is 10.1 Å². The highest BCUT2D eigenvalue weighted by atomic mass is 79.9. The quantitative estimate of drug-likeness (QED) is 0.516. The number of ketones is 1. The predicted octanol–water partition coefficient (Wildman–Crippen LogP) is 3.89. The van der Waals surface area contributed by atoms with Gasteiger partial charge in [0.15, 0.2) is 5.78 Å². The lowest BCUT2D eigenvalue weighted by molar-refractivity contribution is -0.141. The smallest absolute Gasteiger partial charge is 0.307 e. The second kappa shape index (κ2) is 9.48. The molecule has 0 radical (unpaired) electrons. The third kappa shape index (κ3) is 6.10. The molecule has 0 aliphatic heterocycles. The van der Waals surface area contributed by atoms with Crippen LogP contribution < -0.4 is 5.32 Å². The van der Waals surface area contributed by atoms with Gasteiger partial charge in [0.25, 0.3) is 0 Å². The minimum Gasteiger partial charge on any atom is -0.469 e. The maximum Gasteiger partial charge on any atom is 0.307 e. The number of carbonyl (C=O) groups is 3. The molecule has 0 bridgehead atoms. The van der Waals surface area contributed by atoms with Crippen LogP contribution in [0.1, 0.15) is 40.5 Å². The first-order valence-corrected chi connectivity index (χ1v) is 9.35. The summed E-state index contributed by atoms with van der Waals surface area (Å²) >= 11 is 4.77. The van der Waals surface area contributed by atoms with Gasteiger partial charge in [0.05, 0.1) is 19.6 Å². The Bertz CT molecular complexity index is 728. The lowest BCUT2D eigenvalue weighted by Gasteiger charge is -2.16. The zero-order valence-electron chi connectivity index (χ0n) is 13.7. The number of thiophene rings is 1. The largest absolute Gasteiger partial charge is 0.469 e. The number of methoxy groups -OCH3 is 1. The van der Waals surface area contributed by atoms with Gasteiger partial charge in [0, 0.05) is 27.8 Å². The summed E-state index contributed by atoms with van der Waals surface area (Å²) in [5.41, 5.74) is 0.570. The molecule has 0 aliphatic carbocycles. The van der Waals surface area contributed by atoms with Gasteiger partial charge in [0.2, 0.25) is 5.91 Å². The number of nitrogens with one attached hydrogen (secondary N) is 1. The zero-order chi connectivity index (χ0) is 18.2. The van der Waals surface area contributed by atoms with Gasteiger partial charge in [-0.15, -0.1) is 11.3 Å². The van der Waals surface area contributed by atoms with Gasteiger partial charge in [-0.05, 0) is 23.6 Å². The van der Waals surface area contributed by atoms with Crippen molar-refractivity contribution in [3.63, 3.8) is 0 Å². The Morgan fingerprint density at radius 2 is 1.88 bits per heavy atom. The lowest BCUT2D eigenvalue weighted by Crippen LogP contribution is -2.30. The number of benzene rings is 1. The van der Waals surface area contributed by atoms with Crippen molar-refractivity contribution in [2.24, 2.45) is 0 Å². The predicted molar refractivity (Wildman–Crippen MR) is 99.5 cm³/mol. The summed E-state index contributed by atoms with van der Waals surface area (Å²) in [6, 6.07) is 10.3. The van der Waals surface area contributed by atoms with E-state index in [0.29, 0.717) is 5.56 Å². The van der Waals surface area contributed by atoms with E-state index in [1.807, 2.05) is 17.5 Å². The molecule has 1 heterocycles. The van der Waals surface area contributed by atoms with Gasteiger partial charge in [-0.1, -0.05) is 34.1 Å². The van der Waals surface area contributed by atoms with Gasteiger partial charge in [0.1, 0.15) is 0 Å². The Balaban J connectivity index is 1.91. The molecule has 1 atom stereocenters. The van der Waals surface area contributed by atoms with Crippen LogP contribution in [0.4, 0.5) is 0 Å². The number of rotatable bonds is 8. The van der Waals surface area contributed by atoms with E-state index in [-0.39, 0.29) is 31.0 Å². The average molecular weight is 424 g/mol. The summed E-state index contributed by atoms with van der Waals surface area (Å²) < 4.78 is 5.57. The third-order valence-electron chi connectivity index (χ3n) is 3.57. The molecule has 0 spiro atoms. The molecule has 0 saturated carbocycles. The number of esters is 1. The molecule has 1 N–H and O–H groups in total. The molecular formula is C18H18BrNO4S. The van der Waals surface area contributed by atoms with Crippen molar-refractivity contribution < 1.29 is 19.1 Å². The molecular weight excluding hydrogens is 406 g/mol. The summed E-state index contributed by atoms with van der Waals surface area (Å²) in [4.78, 5) is 36.7. The number of halogens is 1. The fraction of sp³-hybridized carbons (Fsp3) is 0.278. The van der Waals surface area contributed by atoms with Crippen LogP contribution in [0.5, 0.6) is 0 Å². The Kier molecular flexibility index (Phi) is 7.33. The highest BCUT2D eigenvalue weighted by Gasteiger charge is 2.20. The van der Waals surface area contributed by atoms with Crippen molar-refractivity contribution >= 4 is 44.9 Å². The van der Waals surface area contributed by atoms with Crippen molar-refractivity contribution in [3.05, 3.63) is 56.7 Å². The first-order chi connectivity index (χ1) is 12.0. The topological polar surface area (TPSA) is 72.5 Å². The van der Waals surface area contributed by atoms with Crippen molar-refractivity contribution in [3.8, 4) is 0 Å². The SMILES string of the molecule is COC(=O)C[C@H](NC(=O)CCC(=O)c1ccc(Br)cc1)c1cccs1. The van der Waals surface area contributed by atoms with Crippen LogP contribution in [0.2, 0.25) is 0 Å². The number of carbonyl (C=O) groups excluding carboxylic acids is 3. The van der Waals surface area contributed by atoms with E-state index in [9.17, 15) is 14.4 Å². The molecule has 5 nitrogen and oxygen atoms in total. The van der Waals surface area contributed by atoms with E-state index in [0.717, 1.165) is 9.35 Å². The molecule has 0 aliphatic rings. The molecule has 25 heavy (non-hydrogen) atoms. The minimum absolute atomic E-state index is 0.0589. The van der Waals surface area contributed by atoms with Crippen LogP contribution in [0.25, 0.3) is 0 Å². The number of hydrogen-bond donors (Lipinski definition) is 1. The normalized spacial score (nSPS) is 11.6. The second-order valence-electron chi connectivity index (χ2n) is 5.35. The molecule has 2 aromatic rings. The Morgan fingerprint density at radius 1 is 1.16 bits per heavy atom. The molecule has 0 unspecified atom stereocenters. The second-order valence-corrected chi connectivity index (χ2v) is 7.24. The Hall–Kier alpha value is -1.99. The summed E-state index contributed by atoms with van der Waals surface area (Å²) in [5.74, 6) is -0.763. The van der Waals surface area contributed by atoms with Crippen LogP contribution in [-0.2, 0) is 14.3 Å². The van der Waals surface area contributed by atoms with E-state index in [2.05, 4.69) is 26.0 Å². The van der Waals surface area contributed by atoms with Crippen molar-refractivity contribution in [2.75, 3.05) is 7.11 Å². The van der Waals surface area contributed by atoms with E-state index in [4.69, 9.17) is 0 Å². The molecule has 1 amide bonds. The maximum atomic E-state index is 12.2. The van der Waals surface area contributed by atoms with Gasteiger partial charge in [-0.3, -0.25) is 14.4 Å². The molecule has 1 aromatic carbocycles. The minimum atomic E-state index is -0.442. The third-order valence-corrected chi connectivity index (χ3v) is 5.08. The Morgan fingerprint density at radius 3 is 2.48 bits per heavy atom. The molecule has 1 aromatic heterocycles. The standard InChI is InChI=1S/C18H18BrNO4S/c1-24-18(23)11-14(16-3-2-10-25-16)20-17(22)9-8-15(21)12-4-6-13(19)7-5-12/h2-7,10,14H,8-9,11H2,1H3,(H,20,22)/t14-/m0/s1. The van der Waals surface area contributed by atoms with Crippen molar-refractivity contribution in [1.82, 2.24) is 5.32 Å².